The highest BCUT2D eigenvalue weighted by atomic mass is 127. The van der Waals surface area contributed by atoms with Crippen molar-refractivity contribution in [2.45, 2.75) is 32.8 Å². The van der Waals surface area contributed by atoms with Gasteiger partial charge in [-0.3, -0.25) is 4.99 Å². The molecular formula is C20H29FIN3O3. The third kappa shape index (κ3) is 4.71. The summed E-state index contributed by atoms with van der Waals surface area (Å²) >= 11 is 0. The number of guanidine groups is 1. The second kappa shape index (κ2) is 9.58. The first-order valence-electron chi connectivity index (χ1n) is 9.82. The van der Waals surface area contributed by atoms with Gasteiger partial charge in [0.25, 0.3) is 0 Å². The second-order valence-corrected chi connectivity index (χ2v) is 7.62. The minimum atomic E-state index is -0.253. The molecule has 3 aliphatic heterocycles. The van der Waals surface area contributed by atoms with Crippen molar-refractivity contribution in [3.8, 4) is 5.75 Å². The van der Waals surface area contributed by atoms with Crippen molar-refractivity contribution in [2.75, 3.05) is 46.2 Å². The highest BCUT2D eigenvalue weighted by Crippen LogP contribution is 2.38. The number of halogens is 2. The van der Waals surface area contributed by atoms with Gasteiger partial charge >= 0.3 is 0 Å². The van der Waals surface area contributed by atoms with Gasteiger partial charge in [0.1, 0.15) is 11.6 Å². The molecule has 0 amide bonds. The van der Waals surface area contributed by atoms with E-state index in [2.05, 4.69) is 17.1 Å². The number of likely N-dealkylation sites (tertiary alicyclic amines) is 1. The van der Waals surface area contributed by atoms with Gasteiger partial charge in [0, 0.05) is 43.8 Å². The highest BCUT2D eigenvalue weighted by molar-refractivity contribution is 14.0. The lowest BCUT2D eigenvalue weighted by atomic mass is 9.87. The molecule has 2 fully saturated rings. The Morgan fingerprint density at radius 3 is 3.00 bits per heavy atom. The quantitative estimate of drug-likeness (QED) is 0.388. The lowest BCUT2D eigenvalue weighted by Crippen LogP contribution is -2.41. The van der Waals surface area contributed by atoms with E-state index in [-0.39, 0.29) is 36.6 Å². The zero-order valence-electron chi connectivity index (χ0n) is 16.3. The number of rotatable bonds is 4. The van der Waals surface area contributed by atoms with Gasteiger partial charge in [-0.2, -0.15) is 0 Å². The Morgan fingerprint density at radius 2 is 2.21 bits per heavy atom. The molecule has 1 N–H and O–H groups in total. The van der Waals surface area contributed by atoms with Crippen LogP contribution in [-0.2, 0) is 22.5 Å². The predicted octanol–water partition coefficient (Wildman–Crippen LogP) is 2.93. The smallest absolute Gasteiger partial charge is 0.193 e. The fraction of sp³-hybridized carbons (Fsp3) is 0.650. The zero-order valence-corrected chi connectivity index (χ0v) is 18.7. The maximum Gasteiger partial charge on any atom is 0.193 e. The summed E-state index contributed by atoms with van der Waals surface area (Å²) in [5, 5.41) is 3.40. The van der Waals surface area contributed by atoms with Crippen molar-refractivity contribution >= 4 is 29.9 Å². The van der Waals surface area contributed by atoms with Crippen LogP contribution in [0.1, 0.15) is 30.9 Å². The Balaban J connectivity index is 0.00000225. The van der Waals surface area contributed by atoms with Crippen LogP contribution in [0.25, 0.3) is 0 Å². The van der Waals surface area contributed by atoms with Gasteiger partial charge < -0.3 is 24.4 Å². The van der Waals surface area contributed by atoms with Crippen LogP contribution in [0.3, 0.4) is 0 Å². The van der Waals surface area contributed by atoms with Crippen LogP contribution in [0.15, 0.2) is 17.1 Å². The molecule has 28 heavy (non-hydrogen) atoms. The molecule has 3 heterocycles. The number of hydrogen-bond acceptors (Lipinski definition) is 4. The van der Waals surface area contributed by atoms with Crippen molar-refractivity contribution in [2.24, 2.45) is 10.4 Å². The lowest BCUT2D eigenvalue weighted by molar-refractivity contribution is -0.0172. The van der Waals surface area contributed by atoms with Crippen LogP contribution in [0.5, 0.6) is 5.75 Å². The fourth-order valence-electron chi connectivity index (χ4n) is 4.24. The summed E-state index contributed by atoms with van der Waals surface area (Å²) in [6, 6.07) is 3.03. The van der Waals surface area contributed by atoms with Gasteiger partial charge in [-0.15, -0.1) is 24.0 Å². The van der Waals surface area contributed by atoms with Crippen molar-refractivity contribution in [1.29, 1.82) is 0 Å². The Kier molecular flexibility index (Phi) is 7.38. The molecule has 0 radical (unpaired) electrons. The van der Waals surface area contributed by atoms with Gasteiger partial charge in [0.15, 0.2) is 12.8 Å². The summed E-state index contributed by atoms with van der Waals surface area (Å²) in [7, 11) is 0. The lowest BCUT2D eigenvalue weighted by Gasteiger charge is -2.25. The number of ether oxygens (including phenoxy) is 3. The normalized spacial score (nSPS) is 24.1. The van der Waals surface area contributed by atoms with E-state index in [0.717, 1.165) is 68.5 Å². The van der Waals surface area contributed by atoms with E-state index < -0.39 is 0 Å². The van der Waals surface area contributed by atoms with Crippen molar-refractivity contribution in [3.63, 3.8) is 0 Å². The van der Waals surface area contributed by atoms with Gasteiger partial charge in [0.2, 0.25) is 0 Å². The molecule has 2 saturated heterocycles. The van der Waals surface area contributed by atoms with Crippen LogP contribution in [0, 0.1) is 11.2 Å². The number of hydrogen-bond donors (Lipinski definition) is 1. The maximum absolute atomic E-state index is 13.9. The molecule has 1 spiro atoms. The van der Waals surface area contributed by atoms with Gasteiger partial charge in [-0.05, 0) is 43.9 Å². The molecule has 0 aromatic heterocycles. The Morgan fingerprint density at radius 1 is 1.32 bits per heavy atom. The van der Waals surface area contributed by atoms with E-state index in [4.69, 9.17) is 19.2 Å². The molecule has 1 aromatic carbocycles. The molecule has 1 unspecified atom stereocenters. The van der Waals surface area contributed by atoms with Crippen LogP contribution < -0.4 is 10.1 Å². The van der Waals surface area contributed by atoms with Crippen molar-refractivity contribution < 1.29 is 18.6 Å². The number of aliphatic imine (C=N–C) groups is 1. The van der Waals surface area contributed by atoms with E-state index in [1.807, 2.05) is 0 Å². The first-order valence-corrected chi connectivity index (χ1v) is 9.82. The van der Waals surface area contributed by atoms with E-state index >= 15 is 0 Å². The summed E-state index contributed by atoms with van der Waals surface area (Å²) < 4.78 is 30.4. The number of nitrogens with zero attached hydrogens (tertiary/aromatic N) is 2. The fourth-order valence-corrected chi connectivity index (χ4v) is 4.24. The topological polar surface area (TPSA) is 55.3 Å². The summed E-state index contributed by atoms with van der Waals surface area (Å²) in [6.45, 7) is 7.83. The number of fused-ring (bicyclic) bond motifs is 1. The van der Waals surface area contributed by atoms with Crippen molar-refractivity contribution in [3.05, 3.63) is 29.1 Å². The van der Waals surface area contributed by atoms with E-state index in [1.165, 1.54) is 6.07 Å². The molecule has 4 rings (SSSR count). The molecule has 3 aliphatic rings. The molecular weight excluding hydrogens is 476 g/mol. The summed E-state index contributed by atoms with van der Waals surface area (Å²) in [5.74, 6) is 1.44. The Hall–Kier alpha value is -1.13. The molecule has 1 aromatic rings. The van der Waals surface area contributed by atoms with Gasteiger partial charge in [0.05, 0.1) is 13.2 Å². The van der Waals surface area contributed by atoms with E-state index in [0.29, 0.717) is 25.0 Å². The van der Waals surface area contributed by atoms with Crippen LogP contribution >= 0.6 is 24.0 Å². The third-order valence-corrected chi connectivity index (χ3v) is 5.65. The van der Waals surface area contributed by atoms with Crippen LogP contribution in [0.4, 0.5) is 4.39 Å². The summed E-state index contributed by atoms with van der Waals surface area (Å²) in [4.78, 5) is 7.14. The minimum Gasteiger partial charge on any atom is -0.467 e. The van der Waals surface area contributed by atoms with Gasteiger partial charge in [-0.25, -0.2) is 4.39 Å². The van der Waals surface area contributed by atoms with E-state index in [9.17, 15) is 4.39 Å². The SMILES string of the molecule is CCNC(=NCCc1cc(F)cc2c1OCOC2)N1CCC2(CCOC2)C1.I. The average Bonchev–Trinajstić information content (AvgIpc) is 3.31. The monoisotopic (exact) mass is 505 g/mol. The Labute approximate surface area is 182 Å². The first kappa shape index (κ1) is 21.6. The molecule has 8 heteroatoms. The Bertz CT molecular complexity index is 710. The second-order valence-electron chi connectivity index (χ2n) is 7.62. The number of nitrogens with one attached hydrogen (secondary N) is 1. The largest absolute Gasteiger partial charge is 0.467 e. The third-order valence-electron chi connectivity index (χ3n) is 5.65. The predicted molar refractivity (Wildman–Crippen MR) is 116 cm³/mol. The minimum absolute atomic E-state index is 0. The molecule has 0 aliphatic carbocycles. The molecule has 6 nitrogen and oxygen atoms in total. The first-order chi connectivity index (χ1) is 13.2. The zero-order chi connectivity index (χ0) is 18.7. The maximum atomic E-state index is 13.9. The standard InChI is InChI=1S/C20H28FN3O3.HI/c1-2-22-19(24-7-4-20(12-24)5-8-25-13-20)23-6-3-15-9-17(21)10-16-11-26-14-27-18(15)16;/h9-10H,2-8,11-14H2,1H3,(H,22,23);1H. The molecule has 1 atom stereocenters. The highest BCUT2D eigenvalue weighted by Gasteiger charge is 2.42. The molecule has 0 bridgehead atoms. The number of benzene rings is 1. The average molecular weight is 505 g/mol. The van der Waals surface area contributed by atoms with E-state index in [1.54, 1.807) is 6.07 Å². The summed E-state index contributed by atoms with van der Waals surface area (Å²) in [6.07, 6.45) is 2.93. The van der Waals surface area contributed by atoms with Crippen LogP contribution in [0.2, 0.25) is 0 Å². The molecule has 156 valence electrons. The molecule has 0 saturated carbocycles. The van der Waals surface area contributed by atoms with Gasteiger partial charge in [-0.1, -0.05) is 0 Å². The van der Waals surface area contributed by atoms with Crippen LogP contribution in [-0.4, -0.2) is 57.0 Å². The van der Waals surface area contributed by atoms with Crippen molar-refractivity contribution in [1.82, 2.24) is 10.2 Å². The summed E-state index contributed by atoms with van der Waals surface area (Å²) in [5.41, 5.74) is 1.93.